The summed E-state index contributed by atoms with van der Waals surface area (Å²) in [5, 5.41) is 17.9. The normalized spacial score (nSPS) is 10.0. The van der Waals surface area contributed by atoms with Crippen LogP contribution in [0.15, 0.2) is 56.7 Å². The number of halogens is 1. The van der Waals surface area contributed by atoms with Crippen LogP contribution in [0.3, 0.4) is 0 Å². The van der Waals surface area contributed by atoms with Crippen molar-refractivity contribution in [3.05, 3.63) is 58.1 Å². The number of hydrogen-bond acceptors (Lipinski definition) is 3. The smallest absolute Gasteiger partial charge is 0.307 e. The van der Waals surface area contributed by atoms with E-state index in [9.17, 15) is 10.1 Å². The summed E-state index contributed by atoms with van der Waals surface area (Å²) in [6.07, 6.45) is -0.0715. The van der Waals surface area contributed by atoms with Gasteiger partial charge in [0.15, 0.2) is 0 Å². The number of rotatable bonds is 4. The molecule has 0 amide bonds. The van der Waals surface area contributed by atoms with E-state index in [1.807, 2.05) is 24.3 Å². The van der Waals surface area contributed by atoms with Gasteiger partial charge in [-0.1, -0.05) is 33.8 Å². The molecule has 0 saturated carbocycles. The van der Waals surface area contributed by atoms with Gasteiger partial charge in [0.25, 0.3) is 0 Å². The molecule has 0 fully saturated rings. The standard InChI is InChI=1S/C15H10BrNO2S/c16-12-2-4-13(5-3-12)20-14-6-1-10(8-15(18)19)7-11(14)9-17/h1-7H,8H2,(H,18,19). The van der Waals surface area contributed by atoms with Crippen molar-refractivity contribution in [2.75, 3.05) is 0 Å². The van der Waals surface area contributed by atoms with Gasteiger partial charge < -0.3 is 5.11 Å². The second-order valence-corrected chi connectivity index (χ2v) is 6.10. The third-order valence-electron chi connectivity index (χ3n) is 2.56. The van der Waals surface area contributed by atoms with Crippen molar-refractivity contribution in [3.8, 4) is 6.07 Å². The number of hydrogen-bond donors (Lipinski definition) is 1. The van der Waals surface area contributed by atoms with Crippen molar-refractivity contribution in [2.24, 2.45) is 0 Å². The van der Waals surface area contributed by atoms with E-state index in [1.54, 1.807) is 18.2 Å². The van der Waals surface area contributed by atoms with Crippen LogP contribution < -0.4 is 0 Å². The van der Waals surface area contributed by atoms with E-state index in [0.717, 1.165) is 14.3 Å². The first-order chi connectivity index (χ1) is 9.58. The van der Waals surface area contributed by atoms with E-state index in [-0.39, 0.29) is 6.42 Å². The molecule has 3 nitrogen and oxygen atoms in total. The number of benzene rings is 2. The highest BCUT2D eigenvalue weighted by molar-refractivity contribution is 9.10. The Morgan fingerprint density at radius 2 is 1.95 bits per heavy atom. The zero-order valence-corrected chi connectivity index (χ0v) is 12.7. The Morgan fingerprint density at radius 1 is 1.25 bits per heavy atom. The molecule has 20 heavy (non-hydrogen) atoms. The summed E-state index contributed by atoms with van der Waals surface area (Å²) in [5.41, 5.74) is 1.13. The van der Waals surface area contributed by atoms with Crippen molar-refractivity contribution >= 4 is 33.7 Å². The highest BCUT2D eigenvalue weighted by Crippen LogP contribution is 2.31. The van der Waals surface area contributed by atoms with Crippen LogP contribution in [0.4, 0.5) is 0 Å². The molecule has 100 valence electrons. The quantitative estimate of drug-likeness (QED) is 0.904. The Labute approximate surface area is 129 Å². The molecule has 0 aliphatic rings. The summed E-state index contributed by atoms with van der Waals surface area (Å²) < 4.78 is 0.999. The summed E-state index contributed by atoms with van der Waals surface area (Å²) in [5.74, 6) is -0.901. The van der Waals surface area contributed by atoms with Gasteiger partial charge in [0, 0.05) is 14.3 Å². The van der Waals surface area contributed by atoms with Crippen LogP contribution in [0.2, 0.25) is 0 Å². The summed E-state index contributed by atoms with van der Waals surface area (Å²) in [7, 11) is 0. The molecule has 0 spiro atoms. The van der Waals surface area contributed by atoms with E-state index >= 15 is 0 Å². The predicted octanol–water partition coefficient (Wildman–Crippen LogP) is 4.10. The van der Waals surface area contributed by atoms with Crippen molar-refractivity contribution < 1.29 is 9.90 Å². The van der Waals surface area contributed by atoms with Crippen LogP contribution in [0.1, 0.15) is 11.1 Å². The van der Waals surface area contributed by atoms with Gasteiger partial charge in [0.05, 0.1) is 12.0 Å². The minimum Gasteiger partial charge on any atom is -0.481 e. The first-order valence-corrected chi connectivity index (χ1v) is 7.37. The third kappa shape index (κ3) is 3.86. The Bertz CT molecular complexity index is 677. The van der Waals surface area contributed by atoms with Gasteiger partial charge in [-0.15, -0.1) is 0 Å². The van der Waals surface area contributed by atoms with Crippen LogP contribution >= 0.6 is 27.7 Å². The molecule has 0 aliphatic carbocycles. The SMILES string of the molecule is N#Cc1cc(CC(=O)O)ccc1Sc1ccc(Br)cc1. The Hall–Kier alpha value is -1.77. The molecule has 0 unspecified atom stereocenters. The van der Waals surface area contributed by atoms with Crippen molar-refractivity contribution in [1.82, 2.24) is 0 Å². The summed E-state index contributed by atoms with van der Waals surface area (Å²) >= 11 is 4.86. The number of aliphatic carboxylic acids is 1. The molecule has 0 saturated heterocycles. The van der Waals surface area contributed by atoms with Gasteiger partial charge in [-0.2, -0.15) is 5.26 Å². The Kier molecular flexibility index (Phi) is 4.83. The van der Waals surface area contributed by atoms with Crippen LogP contribution in [0, 0.1) is 11.3 Å². The predicted molar refractivity (Wildman–Crippen MR) is 80.8 cm³/mol. The average molecular weight is 348 g/mol. The molecule has 0 heterocycles. The summed E-state index contributed by atoms with van der Waals surface area (Å²) in [6.45, 7) is 0. The average Bonchev–Trinajstić information content (AvgIpc) is 2.42. The van der Waals surface area contributed by atoms with E-state index in [2.05, 4.69) is 22.0 Å². The molecular weight excluding hydrogens is 338 g/mol. The highest BCUT2D eigenvalue weighted by atomic mass is 79.9. The lowest BCUT2D eigenvalue weighted by Gasteiger charge is -2.06. The first-order valence-electron chi connectivity index (χ1n) is 5.77. The lowest BCUT2D eigenvalue weighted by atomic mass is 10.1. The van der Waals surface area contributed by atoms with Gasteiger partial charge in [-0.3, -0.25) is 4.79 Å². The second-order valence-electron chi connectivity index (χ2n) is 4.07. The topological polar surface area (TPSA) is 61.1 Å². The maximum atomic E-state index is 10.7. The minimum atomic E-state index is -0.901. The number of carboxylic acid groups (broad SMARTS) is 1. The van der Waals surface area contributed by atoms with Crippen LogP contribution in [-0.2, 0) is 11.2 Å². The van der Waals surface area contributed by atoms with E-state index in [1.165, 1.54) is 11.8 Å². The zero-order chi connectivity index (χ0) is 14.5. The fourth-order valence-electron chi connectivity index (χ4n) is 1.67. The largest absolute Gasteiger partial charge is 0.481 e. The molecule has 2 aromatic rings. The molecule has 0 bridgehead atoms. The first kappa shape index (κ1) is 14.6. The molecule has 0 aromatic heterocycles. The molecule has 5 heteroatoms. The zero-order valence-electron chi connectivity index (χ0n) is 10.3. The lowest BCUT2D eigenvalue weighted by molar-refractivity contribution is -0.136. The fourth-order valence-corrected chi connectivity index (χ4v) is 2.81. The number of nitriles is 1. The van der Waals surface area contributed by atoms with Crippen molar-refractivity contribution in [1.29, 1.82) is 5.26 Å². The maximum Gasteiger partial charge on any atom is 0.307 e. The van der Waals surface area contributed by atoms with Gasteiger partial charge in [0.1, 0.15) is 6.07 Å². The van der Waals surface area contributed by atoms with Crippen molar-refractivity contribution in [3.63, 3.8) is 0 Å². The minimum absolute atomic E-state index is 0.0715. The van der Waals surface area contributed by atoms with E-state index in [4.69, 9.17) is 5.11 Å². The van der Waals surface area contributed by atoms with Crippen LogP contribution in [-0.4, -0.2) is 11.1 Å². The molecule has 2 aromatic carbocycles. The molecule has 2 rings (SSSR count). The second kappa shape index (κ2) is 6.60. The fraction of sp³-hybridized carbons (Fsp3) is 0.0667. The van der Waals surface area contributed by atoms with E-state index in [0.29, 0.717) is 11.1 Å². The third-order valence-corrected chi connectivity index (χ3v) is 4.17. The lowest BCUT2D eigenvalue weighted by Crippen LogP contribution is -2.00. The van der Waals surface area contributed by atoms with Gasteiger partial charge >= 0.3 is 5.97 Å². The van der Waals surface area contributed by atoms with Crippen LogP contribution in [0.25, 0.3) is 0 Å². The molecule has 1 N–H and O–H groups in total. The molecule has 0 radical (unpaired) electrons. The Balaban J connectivity index is 2.26. The highest BCUT2D eigenvalue weighted by Gasteiger charge is 2.08. The van der Waals surface area contributed by atoms with Gasteiger partial charge in [-0.05, 0) is 42.0 Å². The van der Waals surface area contributed by atoms with Crippen molar-refractivity contribution in [2.45, 2.75) is 16.2 Å². The monoisotopic (exact) mass is 347 g/mol. The Morgan fingerprint density at radius 3 is 2.55 bits per heavy atom. The van der Waals surface area contributed by atoms with Gasteiger partial charge in [0.2, 0.25) is 0 Å². The number of nitrogens with zero attached hydrogens (tertiary/aromatic N) is 1. The number of carbonyl (C=O) groups is 1. The maximum absolute atomic E-state index is 10.7. The van der Waals surface area contributed by atoms with Crippen LogP contribution in [0.5, 0.6) is 0 Å². The molecule has 0 aliphatic heterocycles. The summed E-state index contributed by atoms with van der Waals surface area (Å²) in [6, 6.07) is 15.1. The van der Waals surface area contributed by atoms with Gasteiger partial charge in [-0.25, -0.2) is 0 Å². The van der Waals surface area contributed by atoms with E-state index < -0.39 is 5.97 Å². The summed E-state index contributed by atoms with van der Waals surface area (Å²) in [4.78, 5) is 12.5. The molecular formula is C15H10BrNO2S. The molecule has 0 atom stereocenters. The number of carboxylic acids is 1.